The third-order valence-corrected chi connectivity index (χ3v) is 4.99. The van der Waals surface area contributed by atoms with Crippen molar-refractivity contribution >= 4 is 46.5 Å². The first-order valence-corrected chi connectivity index (χ1v) is 9.24. The molecule has 0 bridgehead atoms. The van der Waals surface area contributed by atoms with E-state index in [1.807, 2.05) is 6.92 Å². The lowest BCUT2D eigenvalue weighted by Gasteiger charge is -2.43. The van der Waals surface area contributed by atoms with E-state index in [0.717, 1.165) is 29.8 Å². The van der Waals surface area contributed by atoms with Crippen molar-refractivity contribution in [1.82, 2.24) is 10.6 Å². The van der Waals surface area contributed by atoms with Gasteiger partial charge in [0.15, 0.2) is 5.11 Å². The van der Waals surface area contributed by atoms with E-state index in [2.05, 4.69) is 42.4 Å². The maximum absolute atomic E-state index is 14.9. The van der Waals surface area contributed by atoms with Gasteiger partial charge in [-0.3, -0.25) is 20.2 Å². The van der Waals surface area contributed by atoms with Gasteiger partial charge in [0, 0.05) is 23.4 Å². The highest BCUT2D eigenvalue weighted by Crippen LogP contribution is 2.40. The number of fused-ring (bicyclic) bond motifs is 1. The van der Waals surface area contributed by atoms with Crippen molar-refractivity contribution in [2.24, 2.45) is 0 Å². The predicted molar refractivity (Wildman–Crippen MR) is 109 cm³/mol. The molecule has 1 saturated heterocycles. The summed E-state index contributed by atoms with van der Waals surface area (Å²) in [5.41, 5.74) is 2.53. The third-order valence-electron chi connectivity index (χ3n) is 4.79. The van der Waals surface area contributed by atoms with Crippen molar-refractivity contribution in [3.63, 3.8) is 0 Å². The van der Waals surface area contributed by atoms with Gasteiger partial charge in [-0.1, -0.05) is 13.0 Å². The zero-order valence-electron chi connectivity index (χ0n) is 15.8. The minimum Gasteiger partial charge on any atom is -0.362 e. The lowest BCUT2D eigenvalue weighted by molar-refractivity contribution is -0.123. The first-order chi connectivity index (χ1) is 12.6. The number of halogens is 1. The summed E-state index contributed by atoms with van der Waals surface area (Å²) in [7, 11) is 0. The molecule has 0 unspecified atom stereocenters. The predicted octanol–water partition coefficient (Wildman–Crippen LogP) is 3.15. The number of carbonyl (C=O) groups is 2. The van der Waals surface area contributed by atoms with Crippen LogP contribution in [0.3, 0.4) is 0 Å². The quantitative estimate of drug-likeness (QED) is 0.475. The summed E-state index contributed by atoms with van der Waals surface area (Å²) >= 11 is 4.78. The van der Waals surface area contributed by atoms with Crippen LogP contribution in [-0.4, -0.2) is 29.0 Å². The number of benzene rings is 1. The summed E-state index contributed by atoms with van der Waals surface area (Å²) in [5, 5.41) is 4.66. The van der Waals surface area contributed by atoms with Crippen LogP contribution in [0.1, 0.15) is 45.2 Å². The smallest absolute Gasteiger partial charge is 0.263 e. The second kappa shape index (κ2) is 6.88. The highest BCUT2D eigenvalue weighted by molar-refractivity contribution is 7.80. The van der Waals surface area contributed by atoms with E-state index in [9.17, 15) is 14.0 Å². The maximum Gasteiger partial charge on any atom is 0.263 e. The van der Waals surface area contributed by atoms with Crippen LogP contribution >= 0.6 is 12.2 Å². The molecule has 2 N–H and O–H groups in total. The lowest BCUT2D eigenvalue weighted by atomic mass is 9.87. The van der Waals surface area contributed by atoms with Crippen molar-refractivity contribution in [1.29, 1.82) is 0 Å². The molecule has 1 aromatic rings. The first kappa shape index (κ1) is 19.2. The van der Waals surface area contributed by atoms with Gasteiger partial charge in [0.25, 0.3) is 11.8 Å². The second-order valence-electron chi connectivity index (χ2n) is 7.32. The van der Waals surface area contributed by atoms with Crippen molar-refractivity contribution in [2.45, 2.75) is 39.7 Å². The Kier molecular flexibility index (Phi) is 4.90. The minimum absolute atomic E-state index is 0.0516. The summed E-state index contributed by atoms with van der Waals surface area (Å²) in [6.07, 6.45) is 4.35. The molecule has 1 aromatic carbocycles. The minimum atomic E-state index is -0.637. The Balaban J connectivity index is 2.11. The topological polar surface area (TPSA) is 61.4 Å². The number of amides is 2. The Morgan fingerprint density at radius 2 is 1.85 bits per heavy atom. The molecule has 0 spiro atoms. The van der Waals surface area contributed by atoms with Crippen molar-refractivity contribution in [3.8, 4) is 0 Å². The van der Waals surface area contributed by atoms with Crippen LogP contribution in [0, 0.1) is 5.82 Å². The molecule has 0 saturated carbocycles. The summed E-state index contributed by atoms with van der Waals surface area (Å²) in [4.78, 5) is 26.2. The Labute approximate surface area is 163 Å². The van der Waals surface area contributed by atoms with Crippen LogP contribution in [0.4, 0.5) is 10.1 Å². The SMILES string of the molecule is CCCN1c2cc(F)c(C=C3C(=O)NC(=S)NC3=O)cc2C(C)=CC1(C)C. The summed E-state index contributed by atoms with van der Waals surface area (Å²) < 4.78 is 14.9. The molecule has 0 aromatic heterocycles. The molecular formula is C20H22FN3O2S. The van der Waals surface area contributed by atoms with Crippen LogP contribution in [0.25, 0.3) is 11.6 Å². The molecule has 1 fully saturated rings. The molecule has 0 atom stereocenters. The van der Waals surface area contributed by atoms with Crippen molar-refractivity contribution in [2.75, 3.05) is 11.4 Å². The van der Waals surface area contributed by atoms with Crippen molar-refractivity contribution in [3.05, 3.63) is 40.7 Å². The van der Waals surface area contributed by atoms with E-state index >= 15 is 0 Å². The number of hydrogen-bond acceptors (Lipinski definition) is 4. The van der Waals surface area contributed by atoms with E-state index in [1.54, 1.807) is 6.07 Å². The Morgan fingerprint density at radius 3 is 2.44 bits per heavy atom. The molecule has 2 aliphatic heterocycles. The van der Waals surface area contributed by atoms with E-state index in [4.69, 9.17) is 12.2 Å². The number of anilines is 1. The highest BCUT2D eigenvalue weighted by atomic mass is 32.1. The molecule has 27 heavy (non-hydrogen) atoms. The number of rotatable bonds is 3. The molecular weight excluding hydrogens is 365 g/mol. The molecule has 0 aliphatic carbocycles. The van der Waals surface area contributed by atoms with Crippen LogP contribution in [0.5, 0.6) is 0 Å². The summed E-state index contributed by atoms with van der Waals surface area (Å²) in [5.74, 6) is -1.76. The largest absolute Gasteiger partial charge is 0.362 e. The molecule has 3 rings (SSSR count). The Hall–Kier alpha value is -2.54. The van der Waals surface area contributed by atoms with Gasteiger partial charge in [-0.25, -0.2) is 4.39 Å². The average molecular weight is 387 g/mol. The monoisotopic (exact) mass is 387 g/mol. The third kappa shape index (κ3) is 3.51. The number of carbonyl (C=O) groups excluding carboxylic acids is 2. The molecule has 0 radical (unpaired) electrons. The number of nitrogens with one attached hydrogen (secondary N) is 2. The van der Waals surface area contributed by atoms with Gasteiger partial charge < -0.3 is 4.90 Å². The fraction of sp³-hybridized carbons (Fsp3) is 0.350. The standard InChI is InChI=1S/C20H22FN3O2S/c1-5-6-24-16-9-15(21)12(7-13(16)11(2)10-20(24,3)4)8-14-17(25)22-19(27)23-18(14)26/h7-10H,5-6H2,1-4H3,(H2,22,23,25,26,27). The van der Waals surface area contributed by atoms with E-state index < -0.39 is 17.6 Å². The van der Waals surface area contributed by atoms with Crippen molar-refractivity contribution < 1.29 is 14.0 Å². The zero-order valence-corrected chi connectivity index (χ0v) is 16.6. The molecule has 2 amide bonds. The summed E-state index contributed by atoms with van der Waals surface area (Å²) in [6, 6.07) is 3.17. The lowest BCUT2D eigenvalue weighted by Crippen LogP contribution is -2.51. The normalized spacial score (nSPS) is 18.6. The summed E-state index contributed by atoms with van der Waals surface area (Å²) in [6.45, 7) is 9.06. The van der Waals surface area contributed by atoms with Gasteiger partial charge in [-0.05, 0) is 63.2 Å². The number of nitrogens with zero attached hydrogens (tertiary/aromatic N) is 1. The van der Waals surface area contributed by atoms with Gasteiger partial charge in [0.2, 0.25) is 0 Å². The van der Waals surface area contributed by atoms with Gasteiger partial charge in [-0.15, -0.1) is 0 Å². The van der Waals surface area contributed by atoms with Gasteiger partial charge in [-0.2, -0.15) is 0 Å². The van der Waals surface area contributed by atoms with Crippen LogP contribution in [-0.2, 0) is 9.59 Å². The van der Waals surface area contributed by atoms with E-state index in [1.165, 1.54) is 12.1 Å². The molecule has 142 valence electrons. The van der Waals surface area contributed by atoms with E-state index in [0.29, 0.717) is 0 Å². The number of hydrogen-bond donors (Lipinski definition) is 2. The van der Waals surface area contributed by atoms with Gasteiger partial charge >= 0.3 is 0 Å². The fourth-order valence-corrected chi connectivity index (χ4v) is 3.80. The molecule has 2 aliphatic rings. The van der Waals surface area contributed by atoms with Crippen LogP contribution in [0.15, 0.2) is 23.8 Å². The Morgan fingerprint density at radius 1 is 1.22 bits per heavy atom. The van der Waals surface area contributed by atoms with Crippen LogP contribution in [0.2, 0.25) is 0 Å². The first-order valence-electron chi connectivity index (χ1n) is 8.83. The maximum atomic E-state index is 14.9. The average Bonchev–Trinajstić information content (AvgIpc) is 2.55. The zero-order chi connectivity index (χ0) is 19.9. The van der Waals surface area contributed by atoms with Gasteiger partial charge in [0.05, 0.1) is 5.54 Å². The molecule has 5 nitrogen and oxygen atoms in total. The number of allylic oxidation sites excluding steroid dienone is 1. The van der Waals surface area contributed by atoms with Crippen LogP contribution < -0.4 is 15.5 Å². The van der Waals surface area contributed by atoms with Gasteiger partial charge in [0.1, 0.15) is 11.4 Å². The Bertz CT molecular complexity index is 896. The van der Waals surface area contributed by atoms with E-state index in [-0.39, 0.29) is 21.8 Å². The highest BCUT2D eigenvalue weighted by Gasteiger charge is 2.32. The fourth-order valence-electron chi connectivity index (χ4n) is 3.62. The molecule has 7 heteroatoms. The number of thiocarbonyl (C=S) groups is 1. The second-order valence-corrected chi connectivity index (χ2v) is 7.73. The molecule has 2 heterocycles.